The summed E-state index contributed by atoms with van der Waals surface area (Å²) < 4.78 is 16.4. The average molecular weight is 337 g/mol. The summed E-state index contributed by atoms with van der Waals surface area (Å²) in [5.41, 5.74) is 3.12. The zero-order chi connectivity index (χ0) is 17.8. The van der Waals surface area contributed by atoms with Crippen LogP contribution in [-0.2, 0) is 6.61 Å². The van der Waals surface area contributed by atoms with Gasteiger partial charge in [0.25, 0.3) is 0 Å². The third-order valence-electron chi connectivity index (χ3n) is 3.89. The number of para-hydroxylation sites is 1. The zero-order valence-corrected chi connectivity index (χ0v) is 14.4. The average Bonchev–Trinajstić information content (AvgIpc) is 2.93. The molecule has 0 saturated heterocycles. The van der Waals surface area contributed by atoms with E-state index in [4.69, 9.17) is 14.0 Å². The second-order valence-corrected chi connectivity index (χ2v) is 5.79. The molecule has 5 heteroatoms. The van der Waals surface area contributed by atoms with Gasteiger partial charge in [-0.15, -0.1) is 0 Å². The fourth-order valence-electron chi connectivity index (χ4n) is 2.39. The van der Waals surface area contributed by atoms with E-state index in [9.17, 15) is 4.79 Å². The predicted octanol–water partition coefficient (Wildman–Crippen LogP) is 4.40. The molecule has 0 aliphatic rings. The summed E-state index contributed by atoms with van der Waals surface area (Å²) >= 11 is 0. The second-order valence-electron chi connectivity index (χ2n) is 5.79. The van der Waals surface area contributed by atoms with Crippen molar-refractivity contribution in [2.24, 2.45) is 0 Å². The number of aromatic nitrogens is 1. The van der Waals surface area contributed by atoms with Crippen LogP contribution in [0.3, 0.4) is 0 Å². The number of carbonyl (C=O) groups excluding carboxylic acids is 1. The van der Waals surface area contributed by atoms with Gasteiger partial charge in [-0.1, -0.05) is 35.0 Å². The molecule has 128 valence electrons. The van der Waals surface area contributed by atoms with Crippen molar-refractivity contribution in [2.45, 2.75) is 27.4 Å². The molecule has 5 nitrogen and oxygen atoms in total. The second kappa shape index (κ2) is 7.21. The molecule has 0 fully saturated rings. The van der Waals surface area contributed by atoms with Gasteiger partial charge in [-0.2, -0.15) is 0 Å². The van der Waals surface area contributed by atoms with E-state index in [1.54, 1.807) is 30.3 Å². The van der Waals surface area contributed by atoms with Crippen LogP contribution in [0.5, 0.6) is 11.5 Å². The molecular weight excluding hydrogens is 318 g/mol. The highest BCUT2D eigenvalue weighted by molar-refractivity contribution is 5.93. The van der Waals surface area contributed by atoms with Crippen molar-refractivity contribution in [3.8, 4) is 11.5 Å². The van der Waals surface area contributed by atoms with Crippen molar-refractivity contribution >= 4 is 5.97 Å². The molecule has 0 spiro atoms. The summed E-state index contributed by atoms with van der Waals surface area (Å²) in [6.07, 6.45) is 0. The lowest BCUT2D eigenvalue weighted by molar-refractivity contribution is 0.0729. The van der Waals surface area contributed by atoms with Crippen LogP contribution < -0.4 is 9.47 Å². The Morgan fingerprint density at radius 2 is 1.76 bits per heavy atom. The summed E-state index contributed by atoms with van der Waals surface area (Å²) in [7, 11) is 0. The van der Waals surface area contributed by atoms with Gasteiger partial charge >= 0.3 is 5.97 Å². The van der Waals surface area contributed by atoms with Crippen molar-refractivity contribution in [1.82, 2.24) is 5.16 Å². The van der Waals surface area contributed by atoms with Crippen LogP contribution >= 0.6 is 0 Å². The van der Waals surface area contributed by atoms with Gasteiger partial charge in [-0.3, -0.25) is 0 Å². The fourth-order valence-corrected chi connectivity index (χ4v) is 2.39. The quantitative estimate of drug-likeness (QED) is 0.510. The monoisotopic (exact) mass is 337 g/mol. The van der Waals surface area contributed by atoms with Crippen LogP contribution in [0.15, 0.2) is 53.1 Å². The molecule has 1 aromatic heterocycles. The van der Waals surface area contributed by atoms with Crippen LogP contribution in [-0.4, -0.2) is 11.1 Å². The van der Waals surface area contributed by atoms with Crippen molar-refractivity contribution < 1.29 is 18.8 Å². The molecule has 0 radical (unpaired) electrons. The standard InChI is InChI=1S/C20H19NO4/c1-13-8-10-16(11-9-13)24-20(22)17-6-4-5-7-19(17)23-12-18-14(2)21-25-15(18)3/h4-11H,12H2,1-3H3. The SMILES string of the molecule is Cc1ccc(OC(=O)c2ccccc2OCc2c(C)noc2C)cc1. The number of rotatable bonds is 5. The highest BCUT2D eigenvalue weighted by Crippen LogP contribution is 2.23. The van der Waals surface area contributed by atoms with Crippen molar-refractivity contribution in [3.63, 3.8) is 0 Å². The van der Waals surface area contributed by atoms with Crippen molar-refractivity contribution in [1.29, 1.82) is 0 Å². The highest BCUT2D eigenvalue weighted by Gasteiger charge is 2.16. The van der Waals surface area contributed by atoms with E-state index < -0.39 is 5.97 Å². The Labute approximate surface area is 146 Å². The van der Waals surface area contributed by atoms with Gasteiger partial charge in [0.15, 0.2) is 0 Å². The molecule has 0 aliphatic carbocycles. The lowest BCUT2D eigenvalue weighted by Gasteiger charge is -2.11. The number of hydrogen-bond donors (Lipinski definition) is 0. The van der Waals surface area contributed by atoms with E-state index in [0.717, 1.165) is 16.8 Å². The maximum absolute atomic E-state index is 12.5. The highest BCUT2D eigenvalue weighted by atomic mass is 16.5. The molecule has 0 amide bonds. The Hall–Kier alpha value is -3.08. The fraction of sp³-hybridized carbons (Fsp3) is 0.200. The van der Waals surface area contributed by atoms with Gasteiger partial charge in [0.05, 0.1) is 11.3 Å². The van der Waals surface area contributed by atoms with Gasteiger partial charge < -0.3 is 14.0 Å². The van der Waals surface area contributed by atoms with E-state index in [-0.39, 0.29) is 6.61 Å². The van der Waals surface area contributed by atoms with Crippen LogP contribution in [0.1, 0.15) is 32.9 Å². The first kappa shape index (κ1) is 16.8. The molecule has 3 aromatic rings. The number of nitrogens with zero attached hydrogens (tertiary/aromatic N) is 1. The lowest BCUT2D eigenvalue weighted by atomic mass is 10.2. The molecule has 1 heterocycles. The topological polar surface area (TPSA) is 61.6 Å². The first-order valence-corrected chi connectivity index (χ1v) is 7.97. The van der Waals surface area contributed by atoms with Gasteiger partial charge in [0.1, 0.15) is 29.4 Å². The normalized spacial score (nSPS) is 10.5. The number of esters is 1. The summed E-state index contributed by atoms with van der Waals surface area (Å²) in [5.74, 6) is 1.20. The summed E-state index contributed by atoms with van der Waals surface area (Å²) in [4.78, 5) is 12.5. The van der Waals surface area contributed by atoms with E-state index >= 15 is 0 Å². The number of ether oxygens (including phenoxy) is 2. The molecule has 0 atom stereocenters. The molecule has 0 aliphatic heterocycles. The van der Waals surface area contributed by atoms with Gasteiger partial charge in [0.2, 0.25) is 0 Å². The van der Waals surface area contributed by atoms with E-state index in [2.05, 4.69) is 5.16 Å². The Kier molecular flexibility index (Phi) is 4.84. The molecule has 0 unspecified atom stereocenters. The van der Waals surface area contributed by atoms with Crippen LogP contribution in [0, 0.1) is 20.8 Å². The van der Waals surface area contributed by atoms with Crippen LogP contribution in [0.4, 0.5) is 0 Å². The minimum atomic E-state index is -0.460. The largest absolute Gasteiger partial charge is 0.488 e. The maximum atomic E-state index is 12.5. The Morgan fingerprint density at radius 3 is 2.44 bits per heavy atom. The third kappa shape index (κ3) is 3.88. The molecular formula is C20H19NO4. The van der Waals surface area contributed by atoms with Gasteiger partial charge in [0, 0.05) is 0 Å². The molecule has 3 rings (SSSR count). The lowest BCUT2D eigenvalue weighted by Crippen LogP contribution is -2.11. The van der Waals surface area contributed by atoms with Crippen LogP contribution in [0.2, 0.25) is 0 Å². The summed E-state index contributed by atoms with van der Waals surface area (Å²) in [6.45, 7) is 5.93. The Morgan fingerprint density at radius 1 is 1.04 bits per heavy atom. The first-order valence-electron chi connectivity index (χ1n) is 7.97. The van der Waals surface area contributed by atoms with E-state index in [0.29, 0.717) is 22.8 Å². The Bertz CT molecular complexity index is 861. The summed E-state index contributed by atoms with van der Waals surface area (Å²) in [6, 6.07) is 14.3. The minimum Gasteiger partial charge on any atom is -0.488 e. The third-order valence-corrected chi connectivity index (χ3v) is 3.89. The van der Waals surface area contributed by atoms with Gasteiger partial charge in [-0.05, 0) is 45.0 Å². The molecule has 0 N–H and O–H groups in total. The Balaban J connectivity index is 1.76. The van der Waals surface area contributed by atoms with E-state index in [1.807, 2.05) is 39.0 Å². The minimum absolute atomic E-state index is 0.274. The van der Waals surface area contributed by atoms with Gasteiger partial charge in [-0.25, -0.2) is 4.79 Å². The molecule has 2 aromatic carbocycles. The zero-order valence-electron chi connectivity index (χ0n) is 14.4. The molecule has 0 saturated carbocycles. The summed E-state index contributed by atoms with van der Waals surface area (Å²) in [5, 5.41) is 3.90. The molecule has 25 heavy (non-hydrogen) atoms. The smallest absolute Gasteiger partial charge is 0.347 e. The number of benzene rings is 2. The van der Waals surface area contributed by atoms with Crippen molar-refractivity contribution in [3.05, 3.63) is 76.7 Å². The number of aryl methyl sites for hydroxylation is 3. The predicted molar refractivity (Wildman–Crippen MR) is 92.9 cm³/mol. The maximum Gasteiger partial charge on any atom is 0.347 e. The molecule has 0 bridgehead atoms. The number of carbonyl (C=O) groups is 1. The first-order chi connectivity index (χ1) is 12.0. The number of hydrogen-bond acceptors (Lipinski definition) is 5. The van der Waals surface area contributed by atoms with Crippen LogP contribution in [0.25, 0.3) is 0 Å². The van der Waals surface area contributed by atoms with Crippen molar-refractivity contribution in [2.75, 3.05) is 0 Å². The van der Waals surface area contributed by atoms with E-state index in [1.165, 1.54) is 0 Å².